The second kappa shape index (κ2) is 7.85. The number of benzene rings is 2. The molecule has 6 nitrogen and oxygen atoms in total. The molecular formula is C18H17N3O3S. The highest BCUT2D eigenvalue weighted by Gasteiger charge is 2.21. The number of ether oxygens (including phenoxy) is 1. The first-order valence-corrected chi connectivity index (χ1v) is 8.64. The third-order valence-corrected chi connectivity index (χ3v) is 4.34. The van der Waals surface area contributed by atoms with Gasteiger partial charge in [0.15, 0.2) is 6.61 Å². The molecule has 128 valence electrons. The van der Waals surface area contributed by atoms with Gasteiger partial charge in [-0.25, -0.2) is 0 Å². The lowest BCUT2D eigenvalue weighted by Gasteiger charge is -2.14. The minimum atomic E-state index is -0.406. The molecule has 0 bridgehead atoms. The van der Waals surface area contributed by atoms with Gasteiger partial charge in [-0.05, 0) is 24.1 Å². The third kappa shape index (κ3) is 4.00. The van der Waals surface area contributed by atoms with Crippen molar-refractivity contribution in [2.75, 3.05) is 11.9 Å². The molecule has 3 rings (SSSR count). The van der Waals surface area contributed by atoms with Crippen molar-refractivity contribution in [3.63, 3.8) is 0 Å². The zero-order valence-electron chi connectivity index (χ0n) is 13.6. The van der Waals surface area contributed by atoms with E-state index in [4.69, 9.17) is 4.74 Å². The normalized spacial score (nSPS) is 11.9. The fourth-order valence-electron chi connectivity index (χ4n) is 2.55. The summed E-state index contributed by atoms with van der Waals surface area (Å²) in [5.74, 6) is -1.19. The van der Waals surface area contributed by atoms with Crippen molar-refractivity contribution >= 4 is 40.3 Å². The highest BCUT2D eigenvalue weighted by atomic mass is 32.1. The molecule has 1 amide bonds. The number of esters is 1. The number of hydrogen-bond donors (Lipinski definition) is 1. The molecular weight excluding hydrogens is 338 g/mol. The number of amides is 1. The van der Waals surface area contributed by atoms with Crippen LogP contribution in [0.4, 0.5) is 5.69 Å². The maximum absolute atomic E-state index is 12.3. The van der Waals surface area contributed by atoms with Gasteiger partial charge in [0, 0.05) is 0 Å². The Balaban J connectivity index is 1.60. The minimum absolute atomic E-state index is 0.337. The Bertz CT molecular complexity index is 879. The first-order valence-electron chi connectivity index (χ1n) is 7.91. The lowest BCUT2D eigenvalue weighted by Crippen LogP contribution is -2.24. The number of carbonyl (C=O) groups is 2. The van der Waals surface area contributed by atoms with E-state index in [-0.39, 0.29) is 12.5 Å². The summed E-state index contributed by atoms with van der Waals surface area (Å²) < 4.78 is 13.5. The van der Waals surface area contributed by atoms with Crippen molar-refractivity contribution < 1.29 is 14.3 Å². The molecule has 7 heteroatoms. The van der Waals surface area contributed by atoms with Crippen LogP contribution in [-0.2, 0) is 14.3 Å². The summed E-state index contributed by atoms with van der Waals surface area (Å²) in [6, 6.07) is 14.7. The van der Waals surface area contributed by atoms with Crippen LogP contribution in [0.2, 0.25) is 0 Å². The molecule has 0 fully saturated rings. The summed E-state index contributed by atoms with van der Waals surface area (Å²) in [4.78, 5) is 24.4. The van der Waals surface area contributed by atoms with Gasteiger partial charge in [0.2, 0.25) is 0 Å². The van der Waals surface area contributed by atoms with Crippen LogP contribution in [0.5, 0.6) is 0 Å². The SMILES string of the molecule is CC[C@H](C(=O)OCC(=O)Nc1cccc2nsnc12)c1ccccc1. The zero-order valence-corrected chi connectivity index (χ0v) is 14.5. The van der Waals surface area contributed by atoms with Crippen molar-refractivity contribution in [1.82, 2.24) is 8.75 Å². The number of hydrogen-bond acceptors (Lipinski definition) is 6. The topological polar surface area (TPSA) is 81.2 Å². The Morgan fingerprint density at radius 3 is 2.68 bits per heavy atom. The molecule has 0 aliphatic carbocycles. The van der Waals surface area contributed by atoms with E-state index in [0.717, 1.165) is 22.8 Å². The van der Waals surface area contributed by atoms with E-state index in [0.29, 0.717) is 17.6 Å². The van der Waals surface area contributed by atoms with Crippen LogP contribution < -0.4 is 5.32 Å². The molecule has 0 aliphatic rings. The van der Waals surface area contributed by atoms with Gasteiger partial charge in [0.1, 0.15) is 11.0 Å². The van der Waals surface area contributed by atoms with E-state index in [1.54, 1.807) is 12.1 Å². The van der Waals surface area contributed by atoms with Crippen LogP contribution in [0, 0.1) is 0 Å². The van der Waals surface area contributed by atoms with Gasteiger partial charge in [-0.1, -0.05) is 43.3 Å². The van der Waals surface area contributed by atoms with Gasteiger partial charge in [-0.3, -0.25) is 9.59 Å². The van der Waals surface area contributed by atoms with Crippen LogP contribution in [0.1, 0.15) is 24.8 Å². The largest absolute Gasteiger partial charge is 0.455 e. The molecule has 0 aliphatic heterocycles. The fourth-order valence-corrected chi connectivity index (χ4v) is 3.10. The Hall–Kier alpha value is -2.80. The molecule has 0 saturated carbocycles. The van der Waals surface area contributed by atoms with E-state index >= 15 is 0 Å². The van der Waals surface area contributed by atoms with Gasteiger partial charge in [0.25, 0.3) is 5.91 Å². The predicted octanol–water partition coefficient (Wildman–Crippen LogP) is 3.37. The van der Waals surface area contributed by atoms with Gasteiger partial charge in [-0.2, -0.15) is 8.75 Å². The van der Waals surface area contributed by atoms with Crippen molar-refractivity contribution in [2.24, 2.45) is 0 Å². The molecule has 0 radical (unpaired) electrons. The number of nitrogens with one attached hydrogen (secondary N) is 1. The highest BCUT2D eigenvalue weighted by molar-refractivity contribution is 7.00. The van der Waals surface area contributed by atoms with Gasteiger partial charge >= 0.3 is 5.97 Å². The highest BCUT2D eigenvalue weighted by Crippen LogP contribution is 2.22. The summed E-state index contributed by atoms with van der Waals surface area (Å²) in [5, 5.41) is 2.71. The Kier molecular flexibility index (Phi) is 5.35. The van der Waals surface area contributed by atoms with E-state index in [9.17, 15) is 9.59 Å². The van der Waals surface area contributed by atoms with Crippen LogP contribution >= 0.6 is 11.7 Å². The summed E-state index contributed by atoms with van der Waals surface area (Å²) >= 11 is 1.08. The van der Waals surface area contributed by atoms with E-state index in [1.165, 1.54) is 0 Å². The number of anilines is 1. The summed E-state index contributed by atoms with van der Waals surface area (Å²) in [7, 11) is 0. The first kappa shape index (κ1) is 17.0. The molecule has 25 heavy (non-hydrogen) atoms. The lowest BCUT2D eigenvalue weighted by atomic mass is 9.97. The molecule has 0 saturated heterocycles. The van der Waals surface area contributed by atoms with Crippen molar-refractivity contribution in [3.8, 4) is 0 Å². The zero-order chi connectivity index (χ0) is 17.6. The Morgan fingerprint density at radius 2 is 1.92 bits per heavy atom. The number of carbonyl (C=O) groups excluding carboxylic acids is 2. The van der Waals surface area contributed by atoms with E-state index in [2.05, 4.69) is 14.1 Å². The van der Waals surface area contributed by atoms with Gasteiger partial charge in [-0.15, -0.1) is 0 Å². The number of aromatic nitrogens is 2. The van der Waals surface area contributed by atoms with E-state index < -0.39 is 11.9 Å². The molecule has 1 atom stereocenters. The maximum Gasteiger partial charge on any atom is 0.313 e. The molecule has 1 aromatic heterocycles. The molecule has 0 unspecified atom stereocenters. The molecule has 0 spiro atoms. The fraction of sp³-hybridized carbons (Fsp3) is 0.222. The van der Waals surface area contributed by atoms with Crippen molar-refractivity contribution in [3.05, 3.63) is 54.1 Å². The monoisotopic (exact) mass is 355 g/mol. The Morgan fingerprint density at radius 1 is 1.12 bits per heavy atom. The molecule has 1 N–H and O–H groups in total. The maximum atomic E-state index is 12.3. The summed E-state index contributed by atoms with van der Waals surface area (Å²) in [5.41, 5.74) is 2.79. The average molecular weight is 355 g/mol. The van der Waals surface area contributed by atoms with Gasteiger partial charge < -0.3 is 10.1 Å². The van der Waals surface area contributed by atoms with Gasteiger partial charge in [0.05, 0.1) is 23.3 Å². The second-order valence-electron chi connectivity index (χ2n) is 5.46. The quantitative estimate of drug-likeness (QED) is 0.686. The van der Waals surface area contributed by atoms with Crippen LogP contribution in [-0.4, -0.2) is 27.2 Å². The molecule has 1 heterocycles. The number of nitrogens with zero attached hydrogens (tertiary/aromatic N) is 2. The smallest absolute Gasteiger partial charge is 0.313 e. The predicted molar refractivity (Wildman–Crippen MR) is 96.5 cm³/mol. The number of rotatable bonds is 6. The average Bonchev–Trinajstić information content (AvgIpc) is 3.11. The third-order valence-electron chi connectivity index (χ3n) is 3.80. The molecule has 3 aromatic rings. The van der Waals surface area contributed by atoms with Crippen LogP contribution in [0.15, 0.2) is 48.5 Å². The van der Waals surface area contributed by atoms with Crippen molar-refractivity contribution in [2.45, 2.75) is 19.3 Å². The van der Waals surface area contributed by atoms with E-state index in [1.807, 2.05) is 43.3 Å². The molecule has 2 aromatic carbocycles. The number of fused-ring (bicyclic) bond motifs is 1. The van der Waals surface area contributed by atoms with Crippen LogP contribution in [0.25, 0.3) is 11.0 Å². The lowest BCUT2D eigenvalue weighted by molar-refractivity contribution is -0.149. The Labute approximate surface area is 149 Å². The summed E-state index contributed by atoms with van der Waals surface area (Å²) in [6.45, 7) is 1.57. The minimum Gasteiger partial charge on any atom is -0.455 e. The van der Waals surface area contributed by atoms with Crippen molar-refractivity contribution in [1.29, 1.82) is 0 Å². The van der Waals surface area contributed by atoms with Crippen LogP contribution in [0.3, 0.4) is 0 Å². The standard InChI is InChI=1S/C18H17N3O3S/c1-2-13(12-7-4-3-5-8-12)18(23)24-11-16(22)19-14-9-6-10-15-17(14)21-25-20-15/h3-10,13H,2,11H2,1H3,(H,19,22)/t13-/m0/s1. The second-order valence-corrected chi connectivity index (χ2v) is 5.99. The first-order chi connectivity index (χ1) is 12.2. The summed E-state index contributed by atoms with van der Waals surface area (Å²) in [6.07, 6.45) is 0.605.